The molecule has 4 nitrogen and oxygen atoms in total. The monoisotopic (exact) mass is 267 g/mol. The average Bonchev–Trinajstić information content (AvgIpc) is 3.18. The van der Waals surface area contributed by atoms with Gasteiger partial charge in [-0.25, -0.2) is 9.97 Å². The predicted molar refractivity (Wildman–Crippen MR) is 73.3 cm³/mol. The number of hydrogen-bond donors (Lipinski definition) is 1. The van der Waals surface area contributed by atoms with Crippen molar-refractivity contribution in [3.05, 3.63) is 29.2 Å². The van der Waals surface area contributed by atoms with Gasteiger partial charge < -0.3 is 10.1 Å². The van der Waals surface area contributed by atoms with Crippen molar-refractivity contribution in [1.82, 2.24) is 9.97 Å². The van der Waals surface area contributed by atoms with Gasteiger partial charge in [-0.05, 0) is 19.8 Å². The number of ether oxygens (including phenoxy) is 1. The third kappa shape index (κ3) is 3.43. The first-order valence-corrected chi connectivity index (χ1v) is 6.56. The van der Waals surface area contributed by atoms with Crippen molar-refractivity contribution in [3.63, 3.8) is 0 Å². The lowest BCUT2D eigenvalue weighted by Gasteiger charge is -2.11. The summed E-state index contributed by atoms with van der Waals surface area (Å²) in [5.74, 6) is 2.18. The summed E-state index contributed by atoms with van der Waals surface area (Å²) in [6.07, 6.45) is 4.07. The van der Waals surface area contributed by atoms with E-state index in [1.807, 2.05) is 6.92 Å². The van der Waals surface area contributed by atoms with E-state index in [9.17, 15) is 0 Å². The molecule has 1 aliphatic carbocycles. The molecule has 0 aliphatic heterocycles. The van der Waals surface area contributed by atoms with Crippen molar-refractivity contribution in [1.29, 1.82) is 0 Å². The molecule has 1 aromatic heterocycles. The van der Waals surface area contributed by atoms with Crippen LogP contribution in [-0.4, -0.2) is 29.7 Å². The molecule has 1 aromatic rings. The summed E-state index contributed by atoms with van der Waals surface area (Å²) in [5, 5.41) is 3.78. The quantitative estimate of drug-likeness (QED) is 0.469. The number of hydrogen-bond acceptors (Lipinski definition) is 4. The molecule has 0 radical (unpaired) electrons. The topological polar surface area (TPSA) is 47.0 Å². The van der Waals surface area contributed by atoms with Crippen LogP contribution in [0.1, 0.15) is 30.1 Å². The van der Waals surface area contributed by atoms with E-state index < -0.39 is 0 Å². The van der Waals surface area contributed by atoms with Crippen LogP contribution in [0.2, 0.25) is 5.15 Å². The van der Waals surface area contributed by atoms with Crippen LogP contribution in [0.15, 0.2) is 12.7 Å². The van der Waals surface area contributed by atoms with Crippen LogP contribution in [0.25, 0.3) is 0 Å². The highest BCUT2D eigenvalue weighted by Crippen LogP contribution is 2.39. The van der Waals surface area contributed by atoms with Crippen molar-refractivity contribution in [2.24, 2.45) is 0 Å². The van der Waals surface area contributed by atoms with Crippen LogP contribution < -0.4 is 5.32 Å². The lowest BCUT2D eigenvalue weighted by Crippen LogP contribution is -2.13. The van der Waals surface area contributed by atoms with E-state index in [1.54, 1.807) is 6.08 Å². The van der Waals surface area contributed by atoms with Crippen LogP contribution in [0.5, 0.6) is 0 Å². The van der Waals surface area contributed by atoms with Crippen LogP contribution in [-0.2, 0) is 4.74 Å². The Labute approximate surface area is 112 Å². The zero-order valence-corrected chi connectivity index (χ0v) is 11.3. The van der Waals surface area contributed by atoms with Crippen LogP contribution in [0.4, 0.5) is 5.82 Å². The normalized spacial score (nSPS) is 14.6. The van der Waals surface area contributed by atoms with E-state index >= 15 is 0 Å². The fourth-order valence-corrected chi connectivity index (χ4v) is 1.79. The number of nitrogens with one attached hydrogen (secondary N) is 1. The van der Waals surface area contributed by atoms with E-state index in [1.165, 1.54) is 12.8 Å². The third-order valence-corrected chi connectivity index (χ3v) is 3.19. The molecule has 1 N–H and O–H groups in total. The van der Waals surface area contributed by atoms with Crippen LogP contribution >= 0.6 is 11.6 Å². The van der Waals surface area contributed by atoms with E-state index in [2.05, 4.69) is 21.9 Å². The van der Waals surface area contributed by atoms with Gasteiger partial charge in [0.15, 0.2) is 0 Å². The van der Waals surface area contributed by atoms with Gasteiger partial charge >= 0.3 is 0 Å². The summed E-state index contributed by atoms with van der Waals surface area (Å²) >= 11 is 6.12. The molecule has 0 bridgehead atoms. The molecule has 0 saturated heterocycles. The molecule has 5 heteroatoms. The molecule has 2 rings (SSSR count). The maximum absolute atomic E-state index is 6.12. The first-order valence-electron chi connectivity index (χ1n) is 6.19. The number of aromatic nitrogens is 2. The minimum atomic E-state index is 0.501. The summed E-state index contributed by atoms with van der Waals surface area (Å²) in [5.41, 5.74) is 0.893. The second-order valence-corrected chi connectivity index (χ2v) is 4.77. The van der Waals surface area contributed by atoms with Gasteiger partial charge in [-0.3, -0.25) is 0 Å². The lowest BCUT2D eigenvalue weighted by atomic mass is 10.3. The maximum atomic E-state index is 6.12. The van der Waals surface area contributed by atoms with Crippen molar-refractivity contribution < 1.29 is 4.74 Å². The van der Waals surface area contributed by atoms with E-state index in [4.69, 9.17) is 16.3 Å². The Morgan fingerprint density at radius 1 is 1.50 bits per heavy atom. The number of nitrogens with zero attached hydrogens (tertiary/aromatic N) is 2. The Hall–Kier alpha value is -1.13. The summed E-state index contributed by atoms with van der Waals surface area (Å²) in [7, 11) is 0. The van der Waals surface area contributed by atoms with Gasteiger partial charge in [0.05, 0.1) is 13.2 Å². The van der Waals surface area contributed by atoms with Gasteiger partial charge in [0.2, 0.25) is 0 Å². The van der Waals surface area contributed by atoms with Gasteiger partial charge in [-0.15, -0.1) is 6.58 Å². The molecule has 1 aliphatic rings. The summed E-state index contributed by atoms with van der Waals surface area (Å²) < 4.78 is 5.31. The molecule has 0 aromatic carbocycles. The molecule has 1 heterocycles. The van der Waals surface area contributed by atoms with E-state index in [0.29, 0.717) is 30.8 Å². The second kappa shape index (κ2) is 6.16. The Morgan fingerprint density at radius 2 is 2.28 bits per heavy atom. The minimum absolute atomic E-state index is 0.501. The third-order valence-electron chi connectivity index (χ3n) is 2.82. The van der Waals surface area contributed by atoms with Gasteiger partial charge in [-0.2, -0.15) is 0 Å². The molecule has 0 amide bonds. The van der Waals surface area contributed by atoms with E-state index in [-0.39, 0.29) is 0 Å². The zero-order chi connectivity index (χ0) is 13.0. The molecule has 1 saturated carbocycles. The maximum Gasteiger partial charge on any atom is 0.137 e. The Balaban J connectivity index is 1.95. The predicted octanol–water partition coefficient (Wildman–Crippen LogP) is 2.93. The van der Waals surface area contributed by atoms with E-state index in [0.717, 1.165) is 17.2 Å². The zero-order valence-electron chi connectivity index (χ0n) is 10.6. The molecule has 18 heavy (non-hydrogen) atoms. The molecule has 0 atom stereocenters. The fourth-order valence-electron chi connectivity index (χ4n) is 1.61. The highest BCUT2D eigenvalue weighted by molar-refractivity contribution is 6.30. The van der Waals surface area contributed by atoms with Crippen LogP contribution in [0.3, 0.4) is 0 Å². The van der Waals surface area contributed by atoms with Gasteiger partial charge in [0.25, 0.3) is 0 Å². The SMILES string of the molecule is C=CCOCCNc1nc(C2CC2)nc(Cl)c1C. The summed E-state index contributed by atoms with van der Waals surface area (Å²) in [6, 6.07) is 0. The number of rotatable bonds is 7. The first kappa shape index (κ1) is 13.3. The smallest absolute Gasteiger partial charge is 0.137 e. The van der Waals surface area contributed by atoms with Gasteiger partial charge in [-0.1, -0.05) is 17.7 Å². The fraction of sp³-hybridized carbons (Fsp3) is 0.538. The van der Waals surface area contributed by atoms with Crippen molar-refractivity contribution in [2.45, 2.75) is 25.7 Å². The molecule has 0 spiro atoms. The van der Waals surface area contributed by atoms with Crippen LogP contribution in [0, 0.1) is 6.92 Å². The Kier molecular flexibility index (Phi) is 4.55. The second-order valence-electron chi connectivity index (χ2n) is 4.41. The molecular formula is C13H18ClN3O. The Bertz CT molecular complexity index is 432. The molecule has 98 valence electrons. The largest absolute Gasteiger partial charge is 0.376 e. The van der Waals surface area contributed by atoms with Crippen molar-refractivity contribution in [3.8, 4) is 0 Å². The highest BCUT2D eigenvalue weighted by Gasteiger charge is 2.27. The first-order chi connectivity index (χ1) is 8.72. The molecular weight excluding hydrogens is 250 g/mol. The highest BCUT2D eigenvalue weighted by atomic mass is 35.5. The Morgan fingerprint density at radius 3 is 2.94 bits per heavy atom. The molecule has 0 unspecified atom stereocenters. The van der Waals surface area contributed by atoms with Crippen molar-refractivity contribution >= 4 is 17.4 Å². The number of anilines is 1. The van der Waals surface area contributed by atoms with Gasteiger partial charge in [0, 0.05) is 18.0 Å². The average molecular weight is 268 g/mol. The number of halogens is 1. The standard InChI is InChI=1S/C13H18ClN3O/c1-3-7-18-8-6-15-12-9(2)11(14)16-13(17-12)10-4-5-10/h3,10H,1,4-8H2,2H3,(H,15,16,17). The summed E-state index contributed by atoms with van der Waals surface area (Å²) in [6.45, 7) is 7.40. The minimum Gasteiger partial charge on any atom is -0.376 e. The summed E-state index contributed by atoms with van der Waals surface area (Å²) in [4.78, 5) is 8.85. The van der Waals surface area contributed by atoms with Crippen molar-refractivity contribution in [2.75, 3.05) is 25.1 Å². The molecule has 1 fully saturated rings. The lowest BCUT2D eigenvalue weighted by molar-refractivity contribution is 0.173. The van der Waals surface area contributed by atoms with Gasteiger partial charge in [0.1, 0.15) is 16.8 Å².